The van der Waals surface area contributed by atoms with Crippen LogP contribution in [0.5, 0.6) is 11.5 Å². The summed E-state index contributed by atoms with van der Waals surface area (Å²) in [6.45, 7) is 7.27. The van der Waals surface area contributed by atoms with Crippen molar-refractivity contribution in [3.8, 4) is 22.9 Å². The Balaban J connectivity index is 1.78. The Bertz CT molecular complexity index is 732. The van der Waals surface area contributed by atoms with Gasteiger partial charge in [0.1, 0.15) is 5.75 Å². The van der Waals surface area contributed by atoms with Gasteiger partial charge in [-0.25, -0.2) is 14.8 Å². The fourth-order valence-corrected chi connectivity index (χ4v) is 2.78. The first-order valence-electron chi connectivity index (χ1n) is 11.0. The van der Waals surface area contributed by atoms with Crippen LogP contribution in [0, 0.1) is 0 Å². The van der Waals surface area contributed by atoms with Gasteiger partial charge in [-0.2, -0.15) is 0 Å². The predicted molar refractivity (Wildman–Crippen MR) is 118 cm³/mol. The number of aromatic nitrogens is 2. The van der Waals surface area contributed by atoms with E-state index in [1.54, 1.807) is 31.5 Å². The van der Waals surface area contributed by atoms with Crippen molar-refractivity contribution >= 4 is 5.97 Å². The molecule has 6 nitrogen and oxygen atoms in total. The number of hydrogen-bond acceptors (Lipinski definition) is 6. The first kappa shape index (κ1) is 23.8. The van der Waals surface area contributed by atoms with E-state index in [9.17, 15) is 4.79 Å². The van der Waals surface area contributed by atoms with Gasteiger partial charge in [-0.3, -0.25) is 0 Å². The van der Waals surface area contributed by atoms with Crippen LogP contribution in [0.1, 0.15) is 65.7 Å². The number of ether oxygens (including phenoxy) is 3. The van der Waals surface area contributed by atoms with Gasteiger partial charge in [-0.15, -0.1) is 0 Å². The number of nitrogens with zero attached hydrogens (tertiary/aromatic N) is 2. The summed E-state index contributed by atoms with van der Waals surface area (Å²) in [7, 11) is 0. The molecule has 1 aromatic carbocycles. The van der Waals surface area contributed by atoms with Crippen LogP contribution < -0.4 is 9.47 Å². The van der Waals surface area contributed by atoms with E-state index in [1.807, 2.05) is 12.1 Å². The molecule has 1 unspecified atom stereocenters. The third kappa shape index (κ3) is 8.49. The van der Waals surface area contributed by atoms with Crippen molar-refractivity contribution in [2.24, 2.45) is 0 Å². The monoisotopic (exact) mass is 414 g/mol. The number of carbonyl (C=O) groups is 1. The molecule has 0 bridgehead atoms. The zero-order chi connectivity index (χ0) is 21.6. The Morgan fingerprint density at radius 3 is 2.20 bits per heavy atom. The largest absolute Gasteiger partial charge is 0.490 e. The van der Waals surface area contributed by atoms with Crippen molar-refractivity contribution < 1.29 is 19.0 Å². The summed E-state index contributed by atoms with van der Waals surface area (Å²) in [4.78, 5) is 20.9. The number of rotatable bonds is 14. The number of hydrogen-bond donors (Lipinski definition) is 0. The summed E-state index contributed by atoms with van der Waals surface area (Å²) in [6, 6.07) is 7.13. The summed E-state index contributed by atoms with van der Waals surface area (Å²) in [5.41, 5.74) is 0.839. The lowest BCUT2D eigenvalue weighted by atomic mass is 10.2. The molecule has 0 N–H and O–H groups in total. The van der Waals surface area contributed by atoms with Crippen molar-refractivity contribution in [1.82, 2.24) is 9.97 Å². The molecule has 0 saturated carbocycles. The molecule has 0 aliphatic heterocycles. The van der Waals surface area contributed by atoms with E-state index in [2.05, 4.69) is 23.8 Å². The second-order valence-electron chi connectivity index (χ2n) is 7.32. The highest BCUT2D eigenvalue weighted by atomic mass is 16.6. The van der Waals surface area contributed by atoms with Crippen LogP contribution in [0.2, 0.25) is 0 Å². The predicted octanol–water partition coefficient (Wildman–Crippen LogP) is 5.60. The molecule has 0 spiro atoms. The lowest BCUT2D eigenvalue weighted by Gasteiger charge is -2.12. The van der Waals surface area contributed by atoms with Crippen molar-refractivity contribution in [3.05, 3.63) is 36.7 Å². The second kappa shape index (κ2) is 13.7. The first-order valence-corrected chi connectivity index (χ1v) is 11.0. The van der Waals surface area contributed by atoms with Gasteiger partial charge in [0.15, 0.2) is 17.7 Å². The van der Waals surface area contributed by atoms with Crippen LogP contribution in [0.15, 0.2) is 36.7 Å². The molecule has 0 radical (unpaired) electrons. The summed E-state index contributed by atoms with van der Waals surface area (Å²) in [5.74, 6) is 1.34. The molecule has 0 aliphatic rings. The summed E-state index contributed by atoms with van der Waals surface area (Å²) in [5, 5.41) is 0. The zero-order valence-corrected chi connectivity index (χ0v) is 18.4. The van der Waals surface area contributed by atoms with Gasteiger partial charge in [0.05, 0.1) is 19.0 Å². The average Bonchev–Trinajstić information content (AvgIpc) is 2.77. The molecule has 1 aromatic heterocycles. The highest BCUT2D eigenvalue weighted by Gasteiger charge is 2.16. The van der Waals surface area contributed by atoms with E-state index in [0.717, 1.165) is 31.2 Å². The minimum absolute atomic E-state index is 0.388. The third-order valence-electron chi connectivity index (χ3n) is 4.67. The van der Waals surface area contributed by atoms with Crippen LogP contribution in [-0.4, -0.2) is 35.3 Å². The SMILES string of the molecule is CCCCCCCOC(C)C(=O)Oc1ccc(-c2ncc(OCCCC)cn2)cc1. The summed E-state index contributed by atoms with van der Waals surface area (Å²) >= 11 is 0. The topological polar surface area (TPSA) is 70.5 Å². The number of unbranched alkanes of at least 4 members (excludes halogenated alkanes) is 5. The maximum absolute atomic E-state index is 12.2. The minimum Gasteiger partial charge on any atom is -0.490 e. The maximum Gasteiger partial charge on any atom is 0.340 e. The average molecular weight is 415 g/mol. The molecule has 0 amide bonds. The summed E-state index contributed by atoms with van der Waals surface area (Å²) < 4.78 is 16.6. The van der Waals surface area contributed by atoms with Gasteiger partial charge in [0, 0.05) is 12.2 Å². The van der Waals surface area contributed by atoms with E-state index in [-0.39, 0.29) is 5.97 Å². The lowest BCUT2D eigenvalue weighted by Crippen LogP contribution is -2.26. The van der Waals surface area contributed by atoms with Crippen molar-refractivity contribution in [3.63, 3.8) is 0 Å². The van der Waals surface area contributed by atoms with Crippen molar-refractivity contribution in [1.29, 1.82) is 0 Å². The lowest BCUT2D eigenvalue weighted by molar-refractivity contribution is -0.146. The van der Waals surface area contributed by atoms with Gasteiger partial charge in [-0.05, 0) is 44.0 Å². The van der Waals surface area contributed by atoms with Crippen molar-refractivity contribution in [2.75, 3.05) is 13.2 Å². The normalized spacial score (nSPS) is 11.8. The standard InChI is InChI=1S/C24H34N2O4/c1-4-6-8-9-10-16-28-19(3)24(27)30-21-13-11-20(12-14-21)23-25-17-22(18-26-23)29-15-7-5-2/h11-14,17-19H,4-10,15-16H2,1-3H3. The van der Waals surface area contributed by atoms with Crippen LogP contribution >= 0.6 is 0 Å². The molecule has 2 rings (SSSR count). The second-order valence-corrected chi connectivity index (χ2v) is 7.32. The molecule has 6 heteroatoms. The number of benzene rings is 1. The zero-order valence-electron chi connectivity index (χ0n) is 18.4. The van der Waals surface area contributed by atoms with E-state index in [4.69, 9.17) is 14.2 Å². The minimum atomic E-state index is -0.584. The summed E-state index contributed by atoms with van der Waals surface area (Å²) in [6.07, 6.45) is 10.6. The van der Waals surface area contributed by atoms with Crippen molar-refractivity contribution in [2.45, 2.75) is 71.8 Å². The molecule has 0 fully saturated rings. The first-order chi connectivity index (χ1) is 14.6. The van der Waals surface area contributed by atoms with Crippen LogP contribution in [0.4, 0.5) is 0 Å². The van der Waals surface area contributed by atoms with Gasteiger partial charge >= 0.3 is 5.97 Å². The number of carbonyl (C=O) groups excluding carboxylic acids is 1. The number of esters is 1. The molecular formula is C24H34N2O4. The van der Waals surface area contributed by atoms with Crippen LogP contribution in [0.25, 0.3) is 11.4 Å². The fourth-order valence-electron chi connectivity index (χ4n) is 2.78. The molecule has 0 saturated heterocycles. The van der Waals surface area contributed by atoms with Gasteiger partial charge in [-0.1, -0.05) is 46.0 Å². The van der Waals surface area contributed by atoms with E-state index in [0.29, 0.717) is 30.5 Å². The van der Waals surface area contributed by atoms with Crippen LogP contribution in [0.3, 0.4) is 0 Å². The molecular weight excluding hydrogens is 380 g/mol. The van der Waals surface area contributed by atoms with Gasteiger partial charge in [0.2, 0.25) is 0 Å². The quantitative estimate of drug-likeness (QED) is 0.227. The molecule has 1 atom stereocenters. The van der Waals surface area contributed by atoms with E-state index >= 15 is 0 Å². The van der Waals surface area contributed by atoms with E-state index < -0.39 is 6.10 Å². The fraction of sp³-hybridized carbons (Fsp3) is 0.542. The molecule has 164 valence electrons. The highest BCUT2D eigenvalue weighted by Crippen LogP contribution is 2.21. The third-order valence-corrected chi connectivity index (χ3v) is 4.67. The molecule has 2 aromatic rings. The Labute approximate surface area is 180 Å². The molecule has 0 aliphatic carbocycles. The Kier molecular flexibility index (Phi) is 10.9. The molecule has 1 heterocycles. The Hall–Kier alpha value is -2.47. The van der Waals surface area contributed by atoms with Gasteiger partial charge in [0.25, 0.3) is 0 Å². The van der Waals surface area contributed by atoms with Gasteiger partial charge < -0.3 is 14.2 Å². The smallest absolute Gasteiger partial charge is 0.340 e. The highest BCUT2D eigenvalue weighted by molar-refractivity contribution is 5.77. The van der Waals surface area contributed by atoms with Crippen LogP contribution in [-0.2, 0) is 9.53 Å². The Morgan fingerprint density at radius 1 is 0.867 bits per heavy atom. The molecule has 30 heavy (non-hydrogen) atoms. The van der Waals surface area contributed by atoms with E-state index in [1.165, 1.54) is 19.3 Å². The maximum atomic E-state index is 12.2. The Morgan fingerprint density at radius 2 is 1.53 bits per heavy atom.